The summed E-state index contributed by atoms with van der Waals surface area (Å²) in [5.41, 5.74) is 1.43. The summed E-state index contributed by atoms with van der Waals surface area (Å²) >= 11 is 0. The molecule has 0 spiro atoms. The summed E-state index contributed by atoms with van der Waals surface area (Å²) in [6.45, 7) is 4.68. The van der Waals surface area contributed by atoms with E-state index in [4.69, 9.17) is 4.42 Å². The van der Waals surface area contributed by atoms with E-state index < -0.39 is 0 Å². The van der Waals surface area contributed by atoms with Gasteiger partial charge >= 0.3 is 0 Å². The van der Waals surface area contributed by atoms with Crippen LogP contribution in [-0.4, -0.2) is 25.5 Å². The molecule has 128 valence electrons. The standard InChI is InChI=1S/C20H26N2O2/c1-16(19-8-5-13-24-19)21-20(23)15-22-11-9-18(10-12-22)14-17-6-3-2-4-7-17/h2-8,13,16,18H,9-12,14-15H2,1H3,(H,21,23)/p+1/t16-/m1/s1. The van der Waals surface area contributed by atoms with Crippen LogP contribution in [0.4, 0.5) is 0 Å². The zero-order chi connectivity index (χ0) is 16.8. The Balaban J connectivity index is 1.39. The second-order valence-corrected chi connectivity index (χ2v) is 6.86. The zero-order valence-corrected chi connectivity index (χ0v) is 14.3. The maximum absolute atomic E-state index is 12.2. The van der Waals surface area contributed by atoms with Crippen LogP contribution in [0.15, 0.2) is 53.1 Å². The molecule has 24 heavy (non-hydrogen) atoms. The lowest BCUT2D eigenvalue weighted by Gasteiger charge is -2.29. The van der Waals surface area contributed by atoms with Gasteiger partial charge in [-0.1, -0.05) is 30.3 Å². The van der Waals surface area contributed by atoms with E-state index in [-0.39, 0.29) is 11.9 Å². The Morgan fingerprint density at radius 1 is 1.21 bits per heavy atom. The van der Waals surface area contributed by atoms with Crippen molar-refractivity contribution in [3.05, 3.63) is 60.1 Å². The predicted molar refractivity (Wildman–Crippen MR) is 93.7 cm³/mol. The monoisotopic (exact) mass is 327 g/mol. The molecule has 2 heterocycles. The minimum absolute atomic E-state index is 0.0671. The number of rotatable bonds is 6. The largest absolute Gasteiger partial charge is 0.467 e. The first kappa shape index (κ1) is 16.8. The Kier molecular flexibility index (Phi) is 5.70. The maximum atomic E-state index is 12.2. The van der Waals surface area contributed by atoms with Crippen molar-refractivity contribution in [1.29, 1.82) is 0 Å². The molecule has 1 saturated heterocycles. The number of likely N-dealkylation sites (tertiary alicyclic amines) is 1. The number of carbonyl (C=O) groups is 1. The van der Waals surface area contributed by atoms with Gasteiger partial charge in [-0.3, -0.25) is 4.79 Å². The van der Waals surface area contributed by atoms with E-state index in [9.17, 15) is 4.79 Å². The summed E-state index contributed by atoms with van der Waals surface area (Å²) < 4.78 is 5.34. The van der Waals surface area contributed by atoms with Gasteiger partial charge in [0, 0.05) is 0 Å². The molecule has 4 nitrogen and oxygen atoms in total. The predicted octanol–water partition coefficient (Wildman–Crippen LogP) is 1.99. The van der Waals surface area contributed by atoms with Gasteiger partial charge < -0.3 is 14.6 Å². The molecule has 1 aromatic carbocycles. The fraction of sp³-hybridized carbons (Fsp3) is 0.450. The lowest BCUT2D eigenvalue weighted by atomic mass is 9.90. The molecule has 2 aromatic rings. The summed E-state index contributed by atoms with van der Waals surface area (Å²) in [6.07, 6.45) is 5.20. The van der Waals surface area contributed by atoms with Crippen LogP contribution in [0.2, 0.25) is 0 Å². The number of nitrogens with one attached hydrogen (secondary N) is 2. The molecule has 0 aliphatic carbocycles. The van der Waals surface area contributed by atoms with Crippen molar-refractivity contribution in [2.24, 2.45) is 5.92 Å². The van der Waals surface area contributed by atoms with E-state index >= 15 is 0 Å². The lowest BCUT2D eigenvalue weighted by Crippen LogP contribution is -3.14. The molecule has 1 fully saturated rings. The average Bonchev–Trinajstić information content (AvgIpc) is 3.12. The van der Waals surface area contributed by atoms with Crippen LogP contribution < -0.4 is 10.2 Å². The van der Waals surface area contributed by atoms with Gasteiger partial charge in [0.1, 0.15) is 5.76 Å². The van der Waals surface area contributed by atoms with Gasteiger partial charge in [0.05, 0.1) is 25.4 Å². The second kappa shape index (κ2) is 8.15. The molecule has 1 atom stereocenters. The molecule has 1 aromatic heterocycles. The third-order valence-electron chi connectivity index (χ3n) is 4.94. The molecule has 1 amide bonds. The van der Waals surface area contributed by atoms with Gasteiger partial charge in [0.2, 0.25) is 0 Å². The van der Waals surface area contributed by atoms with Gasteiger partial charge in [-0.15, -0.1) is 0 Å². The highest BCUT2D eigenvalue weighted by atomic mass is 16.3. The van der Waals surface area contributed by atoms with Crippen LogP contribution in [-0.2, 0) is 11.2 Å². The summed E-state index contributed by atoms with van der Waals surface area (Å²) in [4.78, 5) is 13.6. The first-order valence-corrected chi connectivity index (χ1v) is 8.91. The van der Waals surface area contributed by atoms with E-state index in [1.54, 1.807) is 6.26 Å². The normalized spacial score (nSPS) is 22.0. The molecule has 4 heteroatoms. The molecule has 1 aliphatic rings. The van der Waals surface area contributed by atoms with Gasteiger partial charge in [-0.05, 0) is 49.8 Å². The van der Waals surface area contributed by atoms with Crippen LogP contribution >= 0.6 is 0 Å². The number of piperidine rings is 1. The van der Waals surface area contributed by atoms with Gasteiger partial charge in [-0.25, -0.2) is 0 Å². The highest BCUT2D eigenvalue weighted by Crippen LogP contribution is 2.16. The van der Waals surface area contributed by atoms with E-state index in [0.717, 1.165) is 31.2 Å². The molecular formula is C20H27N2O2+. The van der Waals surface area contributed by atoms with Crippen molar-refractivity contribution in [3.8, 4) is 0 Å². The van der Waals surface area contributed by atoms with Crippen molar-refractivity contribution in [1.82, 2.24) is 5.32 Å². The van der Waals surface area contributed by atoms with Crippen molar-refractivity contribution in [3.63, 3.8) is 0 Å². The van der Waals surface area contributed by atoms with E-state index in [0.29, 0.717) is 6.54 Å². The molecule has 2 N–H and O–H groups in total. The van der Waals surface area contributed by atoms with Crippen LogP contribution in [0, 0.1) is 5.92 Å². The number of hydrogen-bond donors (Lipinski definition) is 2. The number of amides is 1. The van der Waals surface area contributed by atoms with Crippen molar-refractivity contribution < 1.29 is 14.1 Å². The Morgan fingerprint density at radius 3 is 2.62 bits per heavy atom. The van der Waals surface area contributed by atoms with Crippen molar-refractivity contribution in [2.75, 3.05) is 19.6 Å². The Morgan fingerprint density at radius 2 is 1.96 bits per heavy atom. The van der Waals surface area contributed by atoms with Crippen molar-refractivity contribution in [2.45, 2.75) is 32.2 Å². The highest BCUT2D eigenvalue weighted by Gasteiger charge is 2.24. The fourth-order valence-corrected chi connectivity index (χ4v) is 3.54. The topological polar surface area (TPSA) is 46.7 Å². The third-order valence-corrected chi connectivity index (χ3v) is 4.94. The molecule has 1 aliphatic heterocycles. The SMILES string of the molecule is C[C@@H](NC(=O)C[NH+]1CCC(Cc2ccccc2)CC1)c1ccco1. The molecule has 0 bridgehead atoms. The summed E-state index contributed by atoms with van der Waals surface area (Å²) in [5, 5.41) is 3.03. The minimum Gasteiger partial charge on any atom is -0.467 e. The number of quaternary nitrogens is 1. The number of hydrogen-bond acceptors (Lipinski definition) is 2. The molecule has 3 rings (SSSR count). The van der Waals surface area contributed by atoms with E-state index in [1.807, 2.05) is 19.1 Å². The maximum Gasteiger partial charge on any atom is 0.275 e. The second-order valence-electron chi connectivity index (χ2n) is 6.86. The van der Waals surface area contributed by atoms with Crippen LogP contribution in [0.5, 0.6) is 0 Å². The van der Waals surface area contributed by atoms with E-state index in [1.165, 1.54) is 23.3 Å². The fourth-order valence-electron chi connectivity index (χ4n) is 3.54. The molecule has 0 unspecified atom stereocenters. The number of benzene rings is 1. The van der Waals surface area contributed by atoms with Gasteiger partial charge in [0.15, 0.2) is 6.54 Å². The van der Waals surface area contributed by atoms with Gasteiger partial charge in [-0.2, -0.15) is 0 Å². The van der Waals surface area contributed by atoms with Crippen molar-refractivity contribution >= 4 is 5.91 Å². The third kappa shape index (κ3) is 4.71. The number of furan rings is 1. The lowest BCUT2D eigenvalue weighted by molar-refractivity contribution is -0.898. The first-order valence-electron chi connectivity index (χ1n) is 8.91. The minimum atomic E-state index is -0.0671. The molecular weight excluding hydrogens is 300 g/mol. The van der Waals surface area contributed by atoms with Crippen LogP contribution in [0.3, 0.4) is 0 Å². The first-order chi connectivity index (χ1) is 11.7. The van der Waals surface area contributed by atoms with Crippen LogP contribution in [0.1, 0.15) is 37.1 Å². The highest BCUT2D eigenvalue weighted by molar-refractivity contribution is 5.77. The Hall–Kier alpha value is -2.07. The number of carbonyl (C=O) groups excluding carboxylic acids is 1. The van der Waals surface area contributed by atoms with E-state index in [2.05, 4.69) is 35.6 Å². The smallest absolute Gasteiger partial charge is 0.275 e. The summed E-state index contributed by atoms with van der Waals surface area (Å²) in [7, 11) is 0. The van der Waals surface area contributed by atoms with Crippen LogP contribution in [0.25, 0.3) is 0 Å². The Labute approximate surface area is 143 Å². The average molecular weight is 327 g/mol. The quantitative estimate of drug-likeness (QED) is 0.852. The zero-order valence-electron chi connectivity index (χ0n) is 14.3. The summed E-state index contributed by atoms with van der Waals surface area (Å²) in [5.74, 6) is 1.66. The molecule has 0 saturated carbocycles. The van der Waals surface area contributed by atoms with Gasteiger partial charge in [0.25, 0.3) is 5.91 Å². The Bertz CT molecular complexity index is 616. The summed E-state index contributed by atoms with van der Waals surface area (Å²) in [6, 6.07) is 14.4. The molecule has 0 radical (unpaired) electrons.